The highest BCUT2D eigenvalue weighted by Gasteiger charge is 2.66. The van der Waals surface area contributed by atoms with Gasteiger partial charge in [-0.1, -0.05) is 49.4 Å². The van der Waals surface area contributed by atoms with E-state index in [1.807, 2.05) is 30.3 Å². The van der Waals surface area contributed by atoms with E-state index in [1.165, 1.54) is 39.8 Å². The topological polar surface area (TPSA) is 180 Å². The number of esters is 1. The van der Waals surface area contributed by atoms with E-state index in [1.54, 1.807) is 44.3 Å². The number of carbonyl (C=O) groups excluding carboxylic acids is 4. The molecule has 2 fully saturated rings. The summed E-state index contributed by atoms with van der Waals surface area (Å²) >= 11 is 0. The monoisotopic (exact) mass is 730 g/mol. The highest BCUT2D eigenvalue weighted by atomic mass is 28.4. The van der Waals surface area contributed by atoms with Gasteiger partial charge in [-0.15, -0.1) is 0 Å². The Morgan fingerprint density at radius 2 is 1.77 bits per heavy atom. The van der Waals surface area contributed by atoms with Crippen LogP contribution in [0.3, 0.4) is 0 Å². The van der Waals surface area contributed by atoms with Crippen LogP contribution in [0.15, 0.2) is 72.8 Å². The van der Waals surface area contributed by atoms with Gasteiger partial charge in [-0.25, -0.2) is 0 Å². The highest BCUT2D eigenvalue weighted by Crippen LogP contribution is 2.60. The van der Waals surface area contributed by atoms with E-state index in [2.05, 4.69) is 0 Å². The maximum Gasteiger partial charge on any atom is 0.304 e. The maximum atomic E-state index is 14.8. The van der Waals surface area contributed by atoms with Crippen LogP contribution < -0.4 is 9.80 Å². The van der Waals surface area contributed by atoms with Crippen molar-refractivity contribution in [2.75, 3.05) is 23.0 Å². The van der Waals surface area contributed by atoms with Crippen molar-refractivity contribution in [2.45, 2.75) is 76.3 Å². The van der Waals surface area contributed by atoms with Crippen LogP contribution in [0.1, 0.15) is 43.4 Å². The Labute approximate surface area is 301 Å². The van der Waals surface area contributed by atoms with Gasteiger partial charge in [0.2, 0.25) is 11.8 Å². The summed E-state index contributed by atoms with van der Waals surface area (Å²) in [6.07, 6.45) is -1.69. The summed E-state index contributed by atoms with van der Waals surface area (Å²) in [6, 6.07) is 20.4. The number of aliphatic hydroxyl groups excluding tert-OH is 1. The molecule has 6 rings (SSSR count). The molecule has 5 atom stereocenters. The molecule has 3 aliphatic rings. The van der Waals surface area contributed by atoms with Crippen LogP contribution >= 0.6 is 0 Å². The number of rotatable bonds is 12. The molecule has 0 radical (unpaired) electrons. The summed E-state index contributed by atoms with van der Waals surface area (Å²) in [5.41, 5.74) is 0.198. The van der Waals surface area contributed by atoms with Crippen molar-refractivity contribution in [1.82, 2.24) is 4.90 Å². The fraction of sp³-hybridized carbons (Fsp3) is 0.405. The third kappa shape index (κ3) is 6.72. The van der Waals surface area contributed by atoms with Gasteiger partial charge in [0.25, 0.3) is 11.6 Å². The van der Waals surface area contributed by atoms with Crippen molar-refractivity contribution >= 4 is 49.1 Å². The van der Waals surface area contributed by atoms with Crippen molar-refractivity contribution < 1.29 is 43.5 Å². The number of nitrogens with zero attached hydrogens (tertiary/aromatic N) is 4. The van der Waals surface area contributed by atoms with Gasteiger partial charge >= 0.3 is 5.97 Å². The second-order valence-corrected chi connectivity index (χ2v) is 18.1. The van der Waals surface area contributed by atoms with E-state index < -0.39 is 54.5 Å². The Morgan fingerprint density at radius 1 is 1.08 bits per heavy atom. The molecule has 0 aliphatic carbocycles. The number of ether oxygens (including phenoxy) is 2. The molecular weight excluding hydrogens is 689 g/mol. The van der Waals surface area contributed by atoms with Crippen LogP contribution in [-0.4, -0.2) is 77.2 Å². The summed E-state index contributed by atoms with van der Waals surface area (Å²) in [5, 5.41) is 21.8. The first-order valence-electron chi connectivity index (χ1n) is 17.2. The van der Waals surface area contributed by atoms with Gasteiger partial charge in [-0.3, -0.25) is 34.2 Å². The van der Waals surface area contributed by atoms with Gasteiger partial charge < -0.3 is 29.2 Å². The zero-order valence-electron chi connectivity index (χ0n) is 29.4. The Morgan fingerprint density at radius 3 is 2.37 bits per heavy atom. The molecule has 0 saturated carbocycles. The number of nitro benzene ring substituents is 1. The number of benzene rings is 3. The molecular formula is C37H42N4O10Si. The first-order valence-corrected chi connectivity index (χ1v) is 20.2. The normalized spacial score (nSPS) is 23.8. The van der Waals surface area contributed by atoms with Crippen molar-refractivity contribution in [1.29, 1.82) is 0 Å². The zero-order valence-corrected chi connectivity index (χ0v) is 30.4. The number of hydrogen-bond acceptors (Lipinski definition) is 10. The first-order chi connectivity index (χ1) is 24.6. The quantitative estimate of drug-likeness (QED) is 0.0910. The van der Waals surface area contributed by atoms with Crippen molar-refractivity contribution in [2.24, 2.45) is 5.92 Å². The standard InChI is InChI=1S/C37H42N4O10Si/c1-23-35(52(3,4)49)31(19-32(44)38(16-17-42)21-25-8-6-5-7-9-25)51-37(23)29-18-28(41(47)48)14-15-30(29)39(36(37)46)22-26-10-12-27(13-11-26)40-33(45)20-34(40)50-24(2)43/h5-15,18,23,31,34-35,42,49H,16-17,19-22H2,1-4H3/t23-,31+,34?,35-,37+/m0/s1. The lowest BCUT2D eigenvalue weighted by atomic mass is 9.82. The Balaban J connectivity index is 1.32. The number of fused-ring (bicyclic) bond motifs is 2. The van der Waals surface area contributed by atoms with Crippen molar-refractivity contribution in [3.05, 3.63) is 99.6 Å². The lowest BCUT2D eigenvalue weighted by Gasteiger charge is -2.39. The second kappa shape index (κ2) is 14.2. The van der Waals surface area contributed by atoms with Gasteiger partial charge in [0, 0.05) is 54.9 Å². The number of carbonyl (C=O) groups is 4. The number of hydrogen-bond donors (Lipinski definition) is 2. The van der Waals surface area contributed by atoms with Crippen LogP contribution in [0.4, 0.5) is 17.1 Å². The molecule has 15 heteroatoms. The van der Waals surface area contributed by atoms with Gasteiger partial charge in [-0.2, -0.15) is 0 Å². The van der Waals surface area contributed by atoms with Crippen LogP contribution in [-0.2, 0) is 47.3 Å². The summed E-state index contributed by atoms with van der Waals surface area (Å²) < 4.78 is 12.0. The molecule has 2 saturated heterocycles. The van der Waals surface area contributed by atoms with E-state index in [0.29, 0.717) is 22.5 Å². The second-order valence-electron chi connectivity index (χ2n) is 14.1. The zero-order chi connectivity index (χ0) is 37.5. The Kier molecular flexibility index (Phi) is 10.1. The molecule has 0 aromatic heterocycles. The average Bonchev–Trinajstić information content (AvgIpc) is 3.51. The smallest absolute Gasteiger partial charge is 0.304 e. The Hall–Kier alpha value is -4.96. The summed E-state index contributed by atoms with van der Waals surface area (Å²) in [4.78, 5) is 80.0. The predicted molar refractivity (Wildman–Crippen MR) is 191 cm³/mol. The molecule has 0 bridgehead atoms. The van der Waals surface area contributed by atoms with Crippen molar-refractivity contribution in [3.63, 3.8) is 0 Å². The summed E-state index contributed by atoms with van der Waals surface area (Å²) in [5.74, 6) is -2.17. The molecule has 3 heterocycles. The van der Waals surface area contributed by atoms with E-state index in [0.717, 1.165) is 5.56 Å². The number of non-ortho nitro benzene ring substituents is 1. The van der Waals surface area contributed by atoms with Gasteiger partial charge in [0.1, 0.15) is 0 Å². The fourth-order valence-electron chi connectivity index (χ4n) is 7.98. The molecule has 2 N–H and O–H groups in total. The van der Waals surface area contributed by atoms with Crippen LogP contribution in [0.2, 0.25) is 18.6 Å². The molecule has 3 aliphatic heterocycles. The molecule has 52 heavy (non-hydrogen) atoms. The minimum atomic E-state index is -3.17. The highest BCUT2D eigenvalue weighted by molar-refractivity contribution is 6.71. The lowest BCUT2D eigenvalue weighted by Crippen LogP contribution is -2.54. The molecule has 274 valence electrons. The van der Waals surface area contributed by atoms with E-state index in [4.69, 9.17) is 9.47 Å². The number of nitro groups is 1. The van der Waals surface area contributed by atoms with E-state index >= 15 is 0 Å². The number of anilines is 2. The number of aliphatic hydroxyl groups is 1. The summed E-state index contributed by atoms with van der Waals surface area (Å²) in [6.45, 7) is 6.63. The largest absolute Gasteiger partial charge is 0.441 e. The van der Waals surface area contributed by atoms with Crippen LogP contribution in [0, 0.1) is 16.0 Å². The maximum absolute atomic E-state index is 14.8. The lowest BCUT2D eigenvalue weighted by molar-refractivity contribution is -0.385. The van der Waals surface area contributed by atoms with Crippen LogP contribution in [0.25, 0.3) is 0 Å². The fourth-order valence-corrected chi connectivity index (χ4v) is 10.5. The van der Waals surface area contributed by atoms with Gasteiger partial charge in [0.15, 0.2) is 20.1 Å². The predicted octanol–water partition coefficient (Wildman–Crippen LogP) is 3.98. The molecule has 14 nitrogen and oxygen atoms in total. The van der Waals surface area contributed by atoms with Gasteiger partial charge in [-0.05, 0) is 42.4 Å². The SMILES string of the molecule is CC(=O)OC1CC(=O)N1c1ccc(CN2C(=O)[C@]3(O[C@H](CC(=O)N(CCO)Cc4ccccc4)[C@@H]([Si](C)(C)O)[C@@H]3C)c3cc([N+](=O)[O-])ccc32)cc1. The average molecular weight is 731 g/mol. The van der Waals surface area contributed by atoms with Crippen molar-refractivity contribution in [3.8, 4) is 0 Å². The van der Waals surface area contributed by atoms with E-state index in [-0.39, 0.29) is 56.6 Å². The minimum Gasteiger partial charge on any atom is -0.441 e. The number of amides is 3. The first kappa shape index (κ1) is 36.8. The molecule has 1 spiro atoms. The van der Waals surface area contributed by atoms with E-state index in [9.17, 15) is 39.2 Å². The molecule has 3 aromatic rings. The Bertz CT molecular complexity index is 1890. The third-order valence-corrected chi connectivity index (χ3v) is 12.8. The number of β-lactam (4-membered cyclic amide) rings is 1. The third-order valence-electron chi connectivity index (χ3n) is 10.3. The van der Waals surface area contributed by atoms with Crippen LogP contribution in [0.5, 0.6) is 0 Å². The minimum absolute atomic E-state index is 0.0542. The molecule has 3 aromatic carbocycles. The van der Waals surface area contributed by atoms with Gasteiger partial charge in [0.05, 0.1) is 42.7 Å². The summed E-state index contributed by atoms with van der Waals surface area (Å²) in [7, 11) is -3.17. The molecule has 1 unspecified atom stereocenters. The molecule has 3 amide bonds.